The summed E-state index contributed by atoms with van der Waals surface area (Å²) in [4.78, 5) is 21.6. The van der Waals surface area contributed by atoms with Crippen molar-refractivity contribution in [2.75, 3.05) is 27.9 Å². The van der Waals surface area contributed by atoms with Crippen LogP contribution >= 0.6 is 0 Å². The predicted molar refractivity (Wildman–Crippen MR) is 157 cm³/mol. The maximum Gasteiger partial charge on any atom is 0.252 e. The van der Waals surface area contributed by atoms with E-state index in [4.69, 9.17) is 19.2 Å². The minimum absolute atomic E-state index is 0.205. The average Bonchev–Trinajstić information content (AvgIpc) is 3.41. The van der Waals surface area contributed by atoms with Crippen LogP contribution in [0.3, 0.4) is 0 Å². The van der Waals surface area contributed by atoms with Crippen molar-refractivity contribution in [1.29, 1.82) is 0 Å². The second kappa shape index (κ2) is 11.9. The van der Waals surface area contributed by atoms with Crippen molar-refractivity contribution in [3.8, 4) is 17.2 Å². The molecule has 1 atom stereocenters. The third-order valence-electron chi connectivity index (χ3n) is 6.83. The van der Waals surface area contributed by atoms with Crippen LogP contribution in [0.5, 0.6) is 17.2 Å². The van der Waals surface area contributed by atoms with Gasteiger partial charge in [0.15, 0.2) is 11.5 Å². The summed E-state index contributed by atoms with van der Waals surface area (Å²) < 4.78 is 16.1. The summed E-state index contributed by atoms with van der Waals surface area (Å²) in [5.41, 5.74) is 4.62. The molecule has 0 saturated carbocycles. The number of ether oxygens (including phenoxy) is 3. The van der Waals surface area contributed by atoms with Gasteiger partial charge in [0.2, 0.25) is 0 Å². The number of carbonyl (C=O) groups excluding carboxylic acids is 1. The third kappa shape index (κ3) is 5.62. The molecule has 0 fully saturated rings. The maximum atomic E-state index is 13.6. The Morgan fingerprint density at radius 2 is 1.77 bits per heavy atom. The van der Waals surface area contributed by atoms with Crippen molar-refractivity contribution in [3.63, 3.8) is 0 Å². The number of benzene rings is 3. The lowest BCUT2D eigenvalue weighted by Gasteiger charge is -2.17. The minimum atomic E-state index is -0.480. The molecule has 0 aliphatic rings. The van der Waals surface area contributed by atoms with E-state index in [9.17, 15) is 9.90 Å². The molecule has 0 bridgehead atoms. The van der Waals surface area contributed by atoms with Crippen molar-refractivity contribution in [1.82, 2.24) is 15.3 Å². The Hall–Kier alpha value is -4.82. The quantitative estimate of drug-likeness (QED) is 0.225. The van der Waals surface area contributed by atoms with Gasteiger partial charge in [-0.15, -0.1) is 0 Å². The SMILES string of the molecule is COc1ccc2nc(/C=C/c3ccc(OC)c(OC)c3)cc(C(=O)N[C@@H](CO)Cc3c[nH]c4ccccc34)c2c1. The molecule has 0 aliphatic carbocycles. The number of hydrogen-bond donors (Lipinski definition) is 3. The zero-order valence-electron chi connectivity index (χ0n) is 22.6. The Labute approximate surface area is 232 Å². The highest BCUT2D eigenvalue weighted by molar-refractivity contribution is 6.07. The van der Waals surface area contributed by atoms with Gasteiger partial charge in [0.25, 0.3) is 5.91 Å². The maximum absolute atomic E-state index is 13.6. The molecular formula is C32H31N3O5. The molecule has 5 aromatic rings. The van der Waals surface area contributed by atoms with Gasteiger partial charge in [0.1, 0.15) is 5.75 Å². The molecule has 40 heavy (non-hydrogen) atoms. The first kappa shape index (κ1) is 26.8. The molecular weight excluding hydrogens is 506 g/mol. The summed E-state index contributed by atoms with van der Waals surface area (Å²) in [6.45, 7) is -0.205. The molecule has 8 nitrogen and oxygen atoms in total. The Kier molecular flexibility index (Phi) is 7.98. The van der Waals surface area contributed by atoms with Gasteiger partial charge in [0, 0.05) is 22.5 Å². The van der Waals surface area contributed by atoms with E-state index in [0.29, 0.717) is 45.8 Å². The predicted octanol–water partition coefficient (Wildman–Crippen LogP) is 5.25. The number of pyridine rings is 1. The van der Waals surface area contributed by atoms with E-state index in [0.717, 1.165) is 22.0 Å². The molecule has 2 aromatic heterocycles. The summed E-state index contributed by atoms with van der Waals surface area (Å²) in [5, 5.41) is 14.9. The van der Waals surface area contributed by atoms with Crippen LogP contribution in [0.4, 0.5) is 0 Å². The number of nitrogens with one attached hydrogen (secondary N) is 2. The number of aliphatic hydroxyl groups excluding tert-OH is 1. The highest BCUT2D eigenvalue weighted by Gasteiger charge is 2.19. The van der Waals surface area contributed by atoms with Crippen LogP contribution in [-0.2, 0) is 6.42 Å². The number of H-pyrrole nitrogens is 1. The fraction of sp³-hybridized carbons (Fsp3) is 0.188. The van der Waals surface area contributed by atoms with Gasteiger partial charge in [-0.3, -0.25) is 4.79 Å². The lowest BCUT2D eigenvalue weighted by molar-refractivity contribution is 0.0918. The minimum Gasteiger partial charge on any atom is -0.497 e. The van der Waals surface area contributed by atoms with Crippen molar-refractivity contribution in [2.24, 2.45) is 0 Å². The first-order valence-corrected chi connectivity index (χ1v) is 12.9. The summed E-state index contributed by atoms with van der Waals surface area (Å²) in [5.74, 6) is 1.57. The normalized spacial score (nSPS) is 12.1. The van der Waals surface area contributed by atoms with Gasteiger partial charge < -0.3 is 29.6 Å². The smallest absolute Gasteiger partial charge is 0.252 e. The van der Waals surface area contributed by atoms with Crippen LogP contribution < -0.4 is 19.5 Å². The van der Waals surface area contributed by atoms with E-state index in [2.05, 4.69) is 10.3 Å². The number of nitrogens with zero attached hydrogens (tertiary/aromatic N) is 1. The van der Waals surface area contributed by atoms with Gasteiger partial charge >= 0.3 is 0 Å². The third-order valence-corrected chi connectivity index (χ3v) is 6.83. The van der Waals surface area contributed by atoms with E-state index in [-0.39, 0.29) is 12.5 Å². The number of amides is 1. The Bertz CT molecular complexity index is 1690. The number of aliphatic hydroxyl groups is 1. The Morgan fingerprint density at radius 3 is 2.55 bits per heavy atom. The van der Waals surface area contributed by atoms with E-state index in [1.165, 1.54) is 0 Å². The first-order chi connectivity index (χ1) is 19.5. The molecule has 0 unspecified atom stereocenters. The van der Waals surface area contributed by atoms with Gasteiger partial charge in [-0.25, -0.2) is 4.98 Å². The molecule has 1 amide bonds. The largest absolute Gasteiger partial charge is 0.497 e. The summed E-state index contributed by atoms with van der Waals surface area (Å²) >= 11 is 0. The monoisotopic (exact) mass is 537 g/mol. The van der Waals surface area contributed by atoms with Crippen molar-refractivity contribution in [3.05, 3.63) is 95.3 Å². The van der Waals surface area contributed by atoms with Crippen molar-refractivity contribution < 1.29 is 24.1 Å². The number of fused-ring (bicyclic) bond motifs is 2. The summed E-state index contributed by atoms with van der Waals surface area (Å²) in [6, 6.07) is 20.3. The van der Waals surface area contributed by atoms with Crippen LogP contribution in [0.1, 0.15) is 27.2 Å². The lowest BCUT2D eigenvalue weighted by Crippen LogP contribution is -2.39. The molecule has 0 spiro atoms. The van der Waals surface area contributed by atoms with E-state index in [1.54, 1.807) is 33.5 Å². The fourth-order valence-electron chi connectivity index (χ4n) is 4.75. The second-order valence-corrected chi connectivity index (χ2v) is 9.34. The summed E-state index contributed by atoms with van der Waals surface area (Å²) in [7, 11) is 4.76. The average molecular weight is 538 g/mol. The van der Waals surface area contributed by atoms with Crippen molar-refractivity contribution >= 4 is 39.9 Å². The summed E-state index contributed by atoms with van der Waals surface area (Å²) in [6.07, 6.45) is 6.14. The number of hydrogen-bond acceptors (Lipinski definition) is 6. The highest BCUT2D eigenvalue weighted by atomic mass is 16.5. The molecule has 3 N–H and O–H groups in total. The lowest BCUT2D eigenvalue weighted by atomic mass is 10.0. The zero-order valence-corrected chi connectivity index (χ0v) is 22.6. The van der Waals surface area contributed by atoms with Crippen LogP contribution in [0.25, 0.3) is 34.0 Å². The number of para-hydroxylation sites is 1. The molecule has 5 rings (SSSR count). The van der Waals surface area contributed by atoms with E-state index in [1.807, 2.05) is 72.9 Å². The van der Waals surface area contributed by atoms with E-state index < -0.39 is 6.04 Å². The molecule has 204 valence electrons. The molecule has 2 heterocycles. The Morgan fingerprint density at radius 1 is 0.950 bits per heavy atom. The molecule has 0 aliphatic heterocycles. The number of aromatic nitrogens is 2. The number of methoxy groups -OCH3 is 3. The molecule has 8 heteroatoms. The van der Waals surface area contributed by atoms with Gasteiger partial charge in [-0.05, 0) is 66.1 Å². The number of aromatic amines is 1. The topological polar surface area (TPSA) is 106 Å². The van der Waals surface area contributed by atoms with Gasteiger partial charge in [-0.2, -0.15) is 0 Å². The zero-order chi connectivity index (χ0) is 28.1. The van der Waals surface area contributed by atoms with Gasteiger partial charge in [0.05, 0.1) is 50.8 Å². The highest BCUT2D eigenvalue weighted by Crippen LogP contribution is 2.29. The fourth-order valence-corrected chi connectivity index (χ4v) is 4.75. The second-order valence-electron chi connectivity index (χ2n) is 9.34. The van der Waals surface area contributed by atoms with Crippen LogP contribution in [0.15, 0.2) is 72.9 Å². The molecule has 0 saturated heterocycles. The van der Waals surface area contributed by atoms with Crippen LogP contribution in [0, 0.1) is 0 Å². The first-order valence-electron chi connectivity index (χ1n) is 12.9. The Balaban J connectivity index is 1.46. The van der Waals surface area contributed by atoms with Crippen LogP contribution in [0.2, 0.25) is 0 Å². The molecule has 3 aromatic carbocycles. The molecule has 0 radical (unpaired) electrons. The van der Waals surface area contributed by atoms with Crippen LogP contribution in [-0.4, -0.2) is 55.0 Å². The number of carbonyl (C=O) groups is 1. The standard InChI is InChI=1S/C32H31N3O5/c1-38-24-11-12-29-26(17-24)27(16-22(34-29)10-8-20-9-13-30(39-2)31(14-20)40-3)32(37)35-23(19-36)15-21-18-33-28-7-5-4-6-25(21)28/h4-14,16-18,23,33,36H,15,19H2,1-3H3,(H,35,37)/b10-8+/t23-/m1/s1. The van der Waals surface area contributed by atoms with Crippen molar-refractivity contribution in [2.45, 2.75) is 12.5 Å². The number of rotatable bonds is 10. The van der Waals surface area contributed by atoms with E-state index >= 15 is 0 Å². The van der Waals surface area contributed by atoms with Gasteiger partial charge in [-0.1, -0.05) is 30.3 Å².